The number of aromatic nitrogens is 2. The number of ether oxygens (including phenoxy) is 1. The zero-order valence-corrected chi connectivity index (χ0v) is 18.7. The van der Waals surface area contributed by atoms with Crippen LogP contribution in [-0.4, -0.2) is 35.7 Å². The van der Waals surface area contributed by atoms with Crippen molar-refractivity contribution in [1.82, 2.24) is 9.55 Å². The number of nitrogens with zero attached hydrogens (tertiary/aromatic N) is 2. The van der Waals surface area contributed by atoms with E-state index in [1.54, 1.807) is 0 Å². The third-order valence-corrected chi connectivity index (χ3v) is 6.01. The molecule has 2 aromatic carbocycles. The van der Waals surface area contributed by atoms with Crippen molar-refractivity contribution >= 4 is 17.4 Å². The number of benzene rings is 2. The number of carbonyl (C=O) groups is 1. The number of hydrogen-bond donors (Lipinski definition) is 2. The lowest BCUT2D eigenvalue weighted by Gasteiger charge is -2.24. The third-order valence-electron chi connectivity index (χ3n) is 6.01. The van der Waals surface area contributed by atoms with E-state index in [0.29, 0.717) is 0 Å². The number of rotatable bonds is 8. The van der Waals surface area contributed by atoms with Crippen molar-refractivity contribution < 1.29 is 9.53 Å². The Morgan fingerprint density at radius 2 is 1.85 bits per heavy atom. The summed E-state index contributed by atoms with van der Waals surface area (Å²) in [4.78, 5) is 42.3. The average molecular weight is 449 g/mol. The maximum atomic E-state index is 13.4. The minimum atomic E-state index is -0.694. The Labute approximate surface area is 191 Å². The lowest BCUT2D eigenvalue weighted by atomic mass is 10.0. The predicted octanol–water partition coefficient (Wildman–Crippen LogP) is 1.88. The summed E-state index contributed by atoms with van der Waals surface area (Å²) in [5, 5.41) is 0. The topological polar surface area (TPSA) is 110 Å². The van der Waals surface area contributed by atoms with Gasteiger partial charge in [-0.05, 0) is 41.5 Å². The standard InChI is InChI=1S/C25H28N4O4/c1-33-13-12-28(21(30)15-18-10-11-19-8-5-9-20(19)14-18)22-23(26)29(25(32)27-24(22)31)16-17-6-3-2-4-7-17/h2-4,6-7,10-11,14H,5,8-9,12-13,15-16,26H2,1H3,(H,27,31,32). The summed E-state index contributed by atoms with van der Waals surface area (Å²) in [6, 6.07) is 15.4. The fourth-order valence-corrected chi connectivity index (χ4v) is 4.31. The first-order valence-electron chi connectivity index (χ1n) is 11.0. The predicted molar refractivity (Wildman–Crippen MR) is 128 cm³/mol. The average Bonchev–Trinajstić information content (AvgIpc) is 3.27. The van der Waals surface area contributed by atoms with E-state index in [0.717, 1.165) is 30.4 Å². The van der Waals surface area contributed by atoms with E-state index in [2.05, 4.69) is 17.1 Å². The fraction of sp³-hybridized carbons (Fsp3) is 0.320. The maximum absolute atomic E-state index is 13.4. The van der Waals surface area contributed by atoms with E-state index < -0.39 is 11.2 Å². The van der Waals surface area contributed by atoms with Gasteiger partial charge in [0.2, 0.25) is 5.91 Å². The molecule has 0 saturated heterocycles. The van der Waals surface area contributed by atoms with Crippen molar-refractivity contribution in [2.75, 3.05) is 30.9 Å². The number of aryl methyl sites for hydroxylation is 2. The monoisotopic (exact) mass is 448 g/mol. The largest absolute Gasteiger partial charge is 0.383 e. The van der Waals surface area contributed by atoms with Gasteiger partial charge < -0.3 is 15.4 Å². The smallest absolute Gasteiger partial charge is 0.330 e. The van der Waals surface area contributed by atoms with E-state index in [-0.39, 0.29) is 43.5 Å². The summed E-state index contributed by atoms with van der Waals surface area (Å²) in [6.45, 7) is 0.524. The number of amides is 1. The number of H-pyrrole nitrogens is 1. The van der Waals surface area contributed by atoms with Gasteiger partial charge in [-0.3, -0.25) is 19.1 Å². The molecule has 8 heteroatoms. The summed E-state index contributed by atoms with van der Waals surface area (Å²) < 4.78 is 6.44. The zero-order valence-electron chi connectivity index (χ0n) is 18.7. The highest BCUT2D eigenvalue weighted by Crippen LogP contribution is 2.24. The molecule has 0 bridgehead atoms. The molecule has 0 fully saturated rings. The van der Waals surface area contributed by atoms with Gasteiger partial charge in [-0.25, -0.2) is 4.79 Å². The van der Waals surface area contributed by atoms with Crippen molar-refractivity contribution in [1.29, 1.82) is 0 Å². The summed E-state index contributed by atoms with van der Waals surface area (Å²) in [5.41, 5.74) is 9.30. The lowest BCUT2D eigenvalue weighted by Crippen LogP contribution is -2.43. The zero-order chi connectivity index (χ0) is 23.4. The van der Waals surface area contributed by atoms with Crippen LogP contribution in [0, 0.1) is 0 Å². The molecule has 4 rings (SSSR count). The van der Waals surface area contributed by atoms with Crippen LogP contribution in [0.15, 0.2) is 58.1 Å². The Balaban J connectivity index is 1.68. The number of aromatic amines is 1. The normalized spacial score (nSPS) is 12.5. The SMILES string of the molecule is COCCN(C(=O)Cc1ccc2c(c1)CCC2)c1c(N)n(Cc2ccccc2)c(=O)[nH]c1=O. The van der Waals surface area contributed by atoms with Gasteiger partial charge in [-0.15, -0.1) is 0 Å². The van der Waals surface area contributed by atoms with Crippen molar-refractivity contribution in [2.45, 2.75) is 32.2 Å². The lowest BCUT2D eigenvalue weighted by molar-refractivity contribution is -0.118. The molecule has 1 amide bonds. The van der Waals surface area contributed by atoms with E-state index >= 15 is 0 Å². The van der Waals surface area contributed by atoms with Gasteiger partial charge in [0.25, 0.3) is 5.56 Å². The highest BCUT2D eigenvalue weighted by molar-refractivity contribution is 5.96. The number of nitrogens with one attached hydrogen (secondary N) is 1. The van der Waals surface area contributed by atoms with Crippen LogP contribution in [0.3, 0.4) is 0 Å². The van der Waals surface area contributed by atoms with E-state index in [4.69, 9.17) is 10.5 Å². The Morgan fingerprint density at radius 3 is 2.61 bits per heavy atom. The second kappa shape index (κ2) is 9.87. The van der Waals surface area contributed by atoms with Gasteiger partial charge in [-0.1, -0.05) is 48.5 Å². The molecule has 8 nitrogen and oxygen atoms in total. The molecular weight excluding hydrogens is 420 g/mol. The van der Waals surface area contributed by atoms with Crippen molar-refractivity contribution in [3.63, 3.8) is 0 Å². The first-order valence-corrected chi connectivity index (χ1v) is 11.0. The van der Waals surface area contributed by atoms with Crippen LogP contribution >= 0.6 is 0 Å². The van der Waals surface area contributed by atoms with Gasteiger partial charge in [0.15, 0.2) is 5.69 Å². The summed E-state index contributed by atoms with van der Waals surface area (Å²) in [5.74, 6) is -0.335. The van der Waals surface area contributed by atoms with Crippen LogP contribution in [0.2, 0.25) is 0 Å². The van der Waals surface area contributed by atoms with Crippen molar-refractivity contribution in [3.05, 3.63) is 91.6 Å². The van der Waals surface area contributed by atoms with Gasteiger partial charge >= 0.3 is 5.69 Å². The van der Waals surface area contributed by atoms with Gasteiger partial charge in [0.05, 0.1) is 19.6 Å². The molecule has 0 unspecified atom stereocenters. The van der Waals surface area contributed by atoms with Crippen LogP contribution in [0.5, 0.6) is 0 Å². The highest BCUT2D eigenvalue weighted by atomic mass is 16.5. The minimum Gasteiger partial charge on any atom is -0.383 e. The van der Waals surface area contributed by atoms with Crippen molar-refractivity contribution in [2.24, 2.45) is 0 Å². The van der Waals surface area contributed by atoms with E-state index in [1.165, 1.54) is 27.7 Å². The quantitative estimate of drug-likeness (QED) is 0.547. The minimum absolute atomic E-state index is 0.0336. The van der Waals surface area contributed by atoms with Gasteiger partial charge in [0.1, 0.15) is 5.82 Å². The number of carbonyl (C=O) groups excluding carboxylic acids is 1. The van der Waals surface area contributed by atoms with Crippen LogP contribution in [0.1, 0.15) is 28.7 Å². The number of hydrogen-bond acceptors (Lipinski definition) is 5. The maximum Gasteiger partial charge on any atom is 0.330 e. The molecule has 3 N–H and O–H groups in total. The van der Waals surface area contributed by atoms with E-state index in [9.17, 15) is 14.4 Å². The summed E-state index contributed by atoms with van der Waals surface area (Å²) in [7, 11) is 1.52. The molecular formula is C25H28N4O4. The molecule has 0 aliphatic heterocycles. The molecule has 1 aliphatic carbocycles. The van der Waals surface area contributed by atoms with Crippen LogP contribution in [-0.2, 0) is 35.3 Å². The highest BCUT2D eigenvalue weighted by Gasteiger charge is 2.25. The van der Waals surface area contributed by atoms with Gasteiger partial charge in [-0.2, -0.15) is 0 Å². The first-order chi connectivity index (χ1) is 16.0. The van der Waals surface area contributed by atoms with Crippen LogP contribution in [0.25, 0.3) is 0 Å². The molecule has 0 radical (unpaired) electrons. The molecule has 0 atom stereocenters. The first kappa shape index (κ1) is 22.5. The molecule has 1 aromatic heterocycles. The van der Waals surface area contributed by atoms with E-state index in [1.807, 2.05) is 36.4 Å². The molecule has 1 heterocycles. The van der Waals surface area contributed by atoms with Gasteiger partial charge in [0, 0.05) is 13.7 Å². The van der Waals surface area contributed by atoms with Crippen LogP contribution < -0.4 is 21.9 Å². The number of fused-ring (bicyclic) bond motifs is 1. The Kier molecular flexibility index (Phi) is 6.74. The second-order valence-corrected chi connectivity index (χ2v) is 8.24. The second-order valence-electron chi connectivity index (χ2n) is 8.24. The summed E-state index contributed by atoms with van der Waals surface area (Å²) >= 11 is 0. The molecule has 3 aromatic rings. The third kappa shape index (κ3) is 4.90. The number of nitrogens with two attached hydrogens (primary N) is 1. The van der Waals surface area contributed by atoms with Crippen LogP contribution in [0.4, 0.5) is 11.5 Å². The number of methoxy groups -OCH3 is 1. The molecule has 33 heavy (non-hydrogen) atoms. The summed E-state index contributed by atoms with van der Waals surface area (Å²) in [6.07, 6.45) is 3.33. The molecule has 172 valence electrons. The fourth-order valence-electron chi connectivity index (χ4n) is 4.31. The molecule has 1 aliphatic rings. The Morgan fingerprint density at radius 1 is 1.09 bits per heavy atom. The Bertz CT molecular complexity index is 1260. The number of anilines is 2. The number of nitrogen functional groups attached to an aromatic ring is 1. The molecule has 0 spiro atoms. The Hall–Kier alpha value is -3.65. The van der Waals surface area contributed by atoms with Crippen molar-refractivity contribution in [3.8, 4) is 0 Å². The molecule has 0 saturated carbocycles.